The summed E-state index contributed by atoms with van der Waals surface area (Å²) in [5.41, 5.74) is 1.11. The molecule has 12 heteroatoms. The monoisotopic (exact) mass is 473 g/mol. The van der Waals surface area contributed by atoms with Gasteiger partial charge in [0.1, 0.15) is 5.69 Å². The molecule has 0 radical (unpaired) electrons. The molecule has 0 aliphatic carbocycles. The van der Waals surface area contributed by atoms with Crippen LogP contribution in [0.1, 0.15) is 32.0 Å². The molecule has 3 aromatic rings. The van der Waals surface area contributed by atoms with Crippen molar-refractivity contribution in [2.24, 2.45) is 0 Å². The first-order valence-corrected chi connectivity index (χ1v) is 8.47. The molecule has 1 aromatic carbocycles. The quantitative estimate of drug-likeness (QED) is 0.508. The van der Waals surface area contributed by atoms with Gasteiger partial charge in [0.25, 0.3) is 11.8 Å². The Kier molecular flexibility index (Phi) is 9.35. The van der Waals surface area contributed by atoms with Gasteiger partial charge in [-0.3, -0.25) is 14.7 Å². The summed E-state index contributed by atoms with van der Waals surface area (Å²) < 4.78 is 31.6. The molecule has 0 aliphatic heterocycles. The van der Waals surface area contributed by atoms with Crippen molar-refractivity contribution in [1.29, 1.82) is 0 Å². The molecule has 8 nitrogen and oxygen atoms in total. The second kappa shape index (κ2) is 11.2. The standard InChI is InChI=1S/C19H17F2N5O3.2ClH/c1-10-5-13(20)14(21)6-12(10)18(27)24-16-7-15(25-26-16)19(28)23-9-11-3-4-17(29-2)22-8-11;;/h3-8H,9H2,1-2H3,(H,23,28)(H2,24,25,26,27);2*1H. The van der Waals surface area contributed by atoms with Gasteiger partial charge < -0.3 is 15.4 Å². The van der Waals surface area contributed by atoms with E-state index in [-0.39, 0.29) is 54.0 Å². The Morgan fingerprint density at radius 3 is 2.45 bits per heavy atom. The number of nitrogens with one attached hydrogen (secondary N) is 3. The van der Waals surface area contributed by atoms with Crippen molar-refractivity contribution in [1.82, 2.24) is 20.5 Å². The normalized spacial score (nSPS) is 9.81. The molecule has 2 aromatic heterocycles. The molecule has 2 amide bonds. The molecule has 0 spiro atoms. The van der Waals surface area contributed by atoms with Crippen molar-refractivity contribution in [2.75, 3.05) is 12.4 Å². The lowest BCUT2D eigenvalue weighted by Gasteiger charge is -2.06. The first-order valence-electron chi connectivity index (χ1n) is 8.47. The summed E-state index contributed by atoms with van der Waals surface area (Å²) in [5.74, 6) is -2.76. The van der Waals surface area contributed by atoms with Gasteiger partial charge in [-0.25, -0.2) is 13.8 Å². The van der Waals surface area contributed by atoms with E-state index in [1.807, 2.05) is 0 Å². The maximum atomic E-state index is 13.4. The first kappa shape index (κ1) is 25.8. The molecular weight excluding hydrogens is 455 g/mol. The average molecular weight is 474 g/mol. The largest absolute Gasteiger partial charge is 0.481 e. The van der Waals surface area contributed by atoms with Crippen molar-refractivity contribution in [2.45, 2.75) is 13.5 Å². The number of aryl methyl sites for hydroxylation is 1. The van der Waals surface area contributed by atoms with E-state index in [0.717, 1.165) is 17.7 Å². The molecule has 0 fully saturated rings. The van der Waals surface area contributed by atoms with Crippen LogP contribution in [0.2, 0.25) is 0 Å². The topological polar surface area (TPSA) is 109 Å². The van der Waals surface area contributed by atoms with Gasteiger partial charge in [0.15, 0.2) is 17.5 Å². The van der Waals surface area contributed by atoms with E-state index in [1.165, 1.54) is 20.1 Å². The summed E-state index contributed by atoms with van der Waals surface area (Å²) in [5, 5.41) is 11.5. The highest BCUT2D eigenvalue weighted by Crippen LogP contribution is 2.16. The summed E-state index contributed by atoms with van der Waals surface area (Å²) >= 11 is 0. The number of amides is 2. The number of nitrogens with zero attached hydrogens (tertiary/aromatic N) is 2. The van der Waals surface area contributed by atoms with E-state index in [2.05, 4.69) is 25.8 Å². The lowest BCUT2D eigenvalue weighted by molar-refractivity contribution is 0.0945. The number of benzene rings is 1. The second-order valence-corrected chi connectivity index (χ2v) is 6.09. The molecule has 0 aliphatic rings. The van der Waals surface area contributed by atoms with Crippen molar-refractivity contribution in [3.8, 4) is 5.88 Å². The molecule has 0 bridgehead atoms. The van der Waals surface area contributed by atoms with Crippen molar-refractivity contribution in [3.63, 3.8) is 0 Å². The Labute approximate surface area is 188 Å². The number of pyridine rings is 1. The first-order chi connectivity index (χ1) is 13.9. The predicted molar refractivity (Wildman–Crippen MR) is 114 cm³/mol. The van der Waals surface area contributed by atoms with Crippen LogP contribution in [0, 0.1) is 18.6 Å². The van der Waals surface area contributed by atoms with Crippen LogP contribution >= 0.6 is 24.8 Å². The van der Waals surface area contributed by atoms with Crippen LogP contribution in [0.15, 0.2) is 36.5 Å². The van der Waals surface area contributed by atoms with E-state index < -0.39 is 23.4 Å². The summed E-state index contributed by atoms with van der Waals surface area (Å²) in [6, 6.07) is 6.50. The van der Waals surface area contributed by atoms with Gasteiger partial charge in [-0.1, -0.05) is 6.07 Å². The van der Waals surface area contributed by atoms with E-state index in [0.29, 0.717) is 5.88 Å². The maximum absolute atomic E-state index is 13.4. The van der Waals surface area contributed by atoms with Crippen molar-refractivity contribution < 1.29 is 23.1 Å². The van der Waals surface area contributed by atoms with Crippen molar-refractivity contribution >= 4 is 42.4 Å². The lowest BCUT2D eigenvalue weighted by Crippen LogP contribution is -2.23. The number of ether oxygens (including phenoxy) is 1. The number of rotatable bonds is 6. The third-order valence-corrected chi connectivity index (χ3v) is 4.04. The fraction of sp³-hybridized carbons (Fsp3) is 0.158. The molecule has 3 rings (SSSR count). The minimum Gasteiger partial charge on any atom is -0.481 e. The summed E-state index contributed by atoms with van der Waals surface area (Å²) in [4.78, 5) is 28.5. The number of anilines is 1. The smallest absolute Gasteiger partial charge is 0.269 e. The van der Waals surface area contributed by atoms with Gasteiger partial charge in [-0.2, -0.15) is 5.10 Å². The van der Waals surface area contributed by atoms with Crippen LogP contribution < -0.4 is 15.4 Å². The van der Waals surface area contributed by atoms with Gasteiger partial charge in [-0.15, -0.1) is 24.8 Å². The molecule has 2 heterocycles. The van der Waals surface area contributed by atoms with E-state index >= 15 is 0 Å². The summed E-state index contributed by atoms with van der Waals surface area (Å²) in [7, 11) is 1.51. The third kappa shape index (κ3) is 6.37. The number of H-pyrrole nitrogens is 1. The van der Waals surface area contributed by atoms with Crippen LogP contribution in [0.4, 0.5) is 14.6 Å². The van der Waals surface area contributed by atoms with Crippen molar-refractivity contribution in [3.05, 3.63) is 70.5 Å². The van der Waals surface area contributed by atoms with E-state index in [4.69, 9.17) is 4.74 Å². The minimum absolute atomic E-state index is 0. The molecule has 0 atom stereocenters. The number of halogens is 4. The van der Waals surface area contributed by atoms with Gasteiger partial charge >= 0.3 is 0 Å². The summed E-state index contributed by atoms with van der Waals surface area (Å²) in [6.07, 6.45) is 1.57. The number of aromatic nitrogens is 3. The fourth-order valence-corrected chi connectivity index (χ4v) is 2.49. The predicted octanol–water partition coefficient (Wildman–Crippen LogP) is 3.43. The van der Waals surface area contributed by atoms with Gasteiger partial charge in [-0.05, 0) is 30.2 Å². The zero-order chi connectivity index (χ0) is 21.0. The van der Waals surface area contributed by atoms with Gasteiger partial charge in [0.2, 0.25) is 5.88 Å². The highest BCUT2D eigenvalue weighted by molar-refractivity contribution is 6.05. The molecule has 31 heavy (non-hydrogen) atoms. The van der Waals surface area contributed by atoms with Crippen LogP contribution in [-0.2, 0) is 6.54 Å². The Balaban J connectivity index is 0.00000240. The zero-order valence-electron chi connectivity index (χ0n) is 16.4. The van der Waals surface area contributed by atoms with Crippen LogP contribution in [0.3, 0.4) is 0 Å². The number of methoxy groups -OCH3 is 1. The van der Waals surface area contributed by atoms with Crippen LogP contribution in [-0.4, -0.2) is 34.1 Å². The Bertz CT molecular complexity index is 1060. The number of hydrogen-bond acceptors (Lipinski definition) is 5. The number of hydrogen-bond donors (Lipinski definition) is 3. The molecular formula is C19H19Cl2F2N5O3. The lowest BCUT2D eigenvalue weighted by atomic mass is 10.1. The molecule has 0 saturated heterocycles. The zero-order valence-corrected chi connectivity index (χ0v) is 18.0. The molecule has 166 valence electrons. The fourth-order valence-electron chi connectivity index (χ4n) is 2.49. The third-order valence-electron chi connectivity index (χ3n) is 4.04. The van der Waals surface area contributed by atoms with E-state index in [9.17, 15) is 18.4 Å². The number of carbonyl (C=O) groups excluding carboxylic acids is 2. The number of aromatic amines is 1. The maximum Gasteiger partial charge on any atom is 0.269 e. The highest BCUT2D eigenvalue weighted by atomic mass is 35.5. The Morgan fingerprint density at radius 1 is 1.10 bits per heavy atom. The Morgan fingerprint density at radius 2 is 1.81 bits per heavy atom. The molecule has 0 unspecified atom stereocenters. The van der Waals surface area contributed by atoms with Crippen LogP contribution in [0.25, 0.3) is 0 Å². The van der Waals surface area contributed by atoms with Gasteiger partial charge in [0, 0.05) is 30.4 Å². The van der Waals surface area contributed by atoms with Crippen LogP contribution in [0.5, 0.6) is 5.88 Å². The second-order valence-electron chi connectivity index (χ2n) is 6.09. The average Bonchev–Trinajstić information content (AvgIpc) is 3.17. The molecule has 0 saturated carbocycles. The highest BCUT2D eigenvalue weighted by Gasteiger charge is 2.16. The Hall–Kier alpha value is -3.24. The minimum atomic E-state index is -1.13. The SMILES string of the molecule is COc1ccc(CNC(=O)c2cc(NC(=O)c3cc(F)c(F)cc3C)n[nH]2)cn1.Cl.Cl. The molecule has 3 N–H and O–H groups in total. The van der Waals surface area contributed by atoms with Gasteiger partial charge in [0.05, 0.1) is 7.11 Å². The summed E-state index contributed by atoms with van der Waals surface area (Å²) in [6.45, 7) is 1.71. The van der Waals surface area contributed by atoms with E-state index in [1.54, 1.807) is 18.3 Å². The number of carbonyl (C=O) groups is 2.